The zero-order valence-corrected chi connectivity index (χ0v) is 15.1. The van der Waals surface area contributed by atoms with E-state index in [1.165, 1.54) is 6.20 Å². The van der Waals surface area contributed by atoms with Gasteiger partial charge in [0, 0.05) is 55.6 Å². The first-order valence-electron chi connectivity index (χ1n) is 9.01. The summed E-state index contributed by atoms with van der Waals surface area (Å²) in [6, 6.07) is 3.92. The Hall–Kier alpha value is -3.22. The van der Waals surface area contributed by atoms with Gasteiger partial charge >= 0.3 is 0 Å². The molecule has 0 saturated carbocycles. The minimum Gasteiger partial charge on any atom is -0.337 e. The van der Waals surface area contributed by atoms with E-state index < -0.39 is 0 Å². The molecule has 1 unspecified atom stereocenters. The number of likely N-dealkylation sites (tertiary alicyclic amines) is 1. The molecule has 4 heterocycles. The molecule has 7 nitrogen and oxygen atoms in total. The second-order valence-corrected chi connectivity index (χ2v) is 6.63. The van der Waals surface area contributed by atoms with Crippen molar-refractivity contribution in [1.29, 1.82) is 0 Å². The van der Waals surface area contributed by atoms with Crippen LogP contribution in [0.25, 0.3) is 11.1 Å². The maximum Gasteiger partial charge on any atom is 0.274 e. The monoisotopic (exact) mass is 360 g/mol. The van der Waals surface area contributed by atoms with E-state index in [1.54, 1.807) is 24.8 Å². The van der Waals surface area contributed by atoms with Crippen LogP contribution in [-0.4, -0.2) is 48.8 Å². The molecule has 1 aliphatic heterocycles. The molecule has 0 bridgehead atoms. The molecule has 27 heavy (non-hydrogen) atoms. The van der Waals surface area contributed by atoms with Crippen molar-refractivity contribution in [3.05, 3.63) is 66.5 Å². The largest absolute Gasteiger partial charge is 0.337 e. The van der Waals surface area contributed by atoms with Gasteiger partial charge in [-0.3, -0.25) is 14.8 Å². The second-order valence-electron chi connectivity index (χ2n) is 6.63. The molecule has 0 aromatic carbocycles. The lowest BCUT2D eigenvalue weighted by molar-refractivity contribution is 0.0699. The van der Waals surface area contributed by atoms with Crippen molar-refractivity contribution < 1.29 is 4.79 Å². The van der Waals surface area contributed by atoms with Gasteiger partial charge < -0.3 is 4.90 Å². The highest BCUT2D eigenvalue weighted by atomic mass is 16.2. The molecule has 0 spiro atoms. The maximum atomic E-state index is 12.8. The van der Waals surface area contributed by atoms with Crippen LogP contribution < -0.4 is 0 Å². The van der Waals surface area contributed by atoms with E-state index in [4.69, 9.17) is 4.98 Å². The van der Waals surface area contributed by atoms with Gasteiger partial charge in [0.05, 0.1) is 11.9 Å². The van der Waals surface area contributed by atoms with Gasteiger partial charge in [0.1, 0.15) is 11.5 Å². The minimum absolute atomic E-state index is 0.0796. The average Bonchev–Trinajstić information content (AvgIpc) is 2.74. The van der Waals surface area contributed by atoms with Crippen molar-refractivity contribution in [2.24, 2.45) is 0 Å². The van der Waals surface area contributed by atoms with Gasteiger partial charge in [-0.05, 0) is 37.5 Å². The number of amides is 1. The average molecular weight is 360 g/mol. The first kappa shape index (κ1) is 17.2. The maximum absolute atomic E-state index is 12.8. The minimum atomic E-state index is -0.0796. The van der Waals surface area contributed by atoms with Crippen LogP contribution in [0.2, 0.25) is 0 Å². The predicted molar refractivity (Wildman–Crippen MR) is 99.9 cm³/mol. The summed E-state index contributed by atoms with van der Waals surface area (Å²) in [5, 5.41) is 0. The number of aryl methyl sites for hydroxylation is 1. The molecule has 0 N–H and O–H groups in total. The fourth-order valence-corrected chi connectivity index (χ4v) is 3.51. The third kappa shape index (κ3) is 3.67. The van der Waals surface area contributed by atoms with Gasteiger partial charge in [0.2, 0.25) is 0 Å². The molecule has 1 saturated heterocycles. The quantitative estimate of drug-likeness (QED) is 0.714. The predicted octanol–water partition coefficient (Wildman–Crippen LogP) is 2.66. The van der Waals surface area contributed by atoms with E-state index in [2.05, 4.69) is 19.9 Å². The van der Waals surface area contributed by atoms with Gasteiger partial charge in [0.25, 0.3) is 5.91 Å². The highest BCUT2D eigenvalue weighted by Gasteiger charge is 2.29. The Balaban J connectivity index is 1.64. The summed E-state index contributed by atoms with van der Waals surface area (Å²) in [6.45, 7) is 3.23. The van der Waals surface area contributed by atoms with Crippen molar-refractivity contribution in [3.8, 4) is 11.1 Å². The third-order valence-corrected chi connectivity index (χ3v) is 4.81. The highest BCUT2D eigenvalue weighted by Crippen LogP contribution is 2.33. The zero-order chi connectivity index (χ0) is 18.6. The van der Waals surface area contributed by atoms with Crippen LogP contribution >= 0.6 is 0 Å². The fourth-order valence-electron chi connectivity index (χ4n) is 3.51. The molecule has 1 aliphatic rings. The second kappa shape index (κ2) is 7.57. The van der Waals surface area contributed by atoms with E-state index >= 15 is 0 Å². The number of pyridine rings is 1. The number of nitrogens with zero attached hydrogens (tertiary/aromatic N) is 6. The SMILES string of the molecule is Cc1ncc(-c2ccncc2)c(C2CCCN(C(=O)c3cnccn3)C2)n1. The Morgan fingerprint density at radius 3 is 2.70 bits per heavy atom. The molecule has 1 fully saturated rings. The number of hydrogen-bond donors (Lipinski definition) is 0. The fraction of sp³-hybridized carbons (Fsp3) is 0.300. The van der Waals surface area contributed by atoms with Crippen LogP contribution in [0.4, 0.5) is 0 Å². The molecule has 3 aromatic rings. The lowest BCUT2D eigenvalue weighted by Gasteiger charge is -2.33. The molecule has 4 rings (SSSR count). The van der Waals surface area contributed by atoms with Gasteiger partial charge in [0.15, 0.2) is 0 Å². The van der Waals surface area contributed by atoms with Crippen molar-refractivity contribution >= 4 is 5.91 Å². The van der Waals surface area contributed by atoms with Crippen molar-refractivity contribution in [2.75, 3.05) is 13.1 Å². The third-order valence-electron chi connectivity index (χ3n) is 4.81. The Morgan fingerprint density at radius 2 is 1.93 bits per heavy atom. The lowest BCUT2D eigenvalue weighted by Crippen LogP contribution is -2.39. The smallest absolute Gasteiger partial charge is 0.274 e. The Morgan fingerprint density at radius 1 is 1.07 bits per heavy atom. The van der Waals surface area contributed by atoms with E-state index in [9.17, 15) is 4.79 Å². The number of aromatic nitrogens is 5. The molecule has 7 heteroatoms. The van der Waals surface area contributed by atoms with Crippen LogP contribution in [-0.2, 0) is 0 Å². The topological polar surface area (TPSA) is 84.8 Å². The Bertz CT molecular complexity index is 932. The number of carbonyl (C=O) groups is 1. The van der Waals surface area contributed by atoms with Gasteiger partial charge in [-0.25, -0.2) is 15.0 Å². The van der Waals surface area contributed by atoms with Crippen molar-refractivity contribution in [2.45, 2.75) is 25.7 Å². The van der Waals surface area contributed by atoms with E-state index in [-0.39, 0.29) is 11.8 Å². The summed E-state index contributed by atoms with van der Waals surface area (Å²) in [4.78, 5) is 36.0. The van der Waals surface area contributed by atoms with Crippen molar-refractivity contribution in [3.63, 3.8) is 0 Å². The number of piperidine rings is 1. The zero-order valence-electron chi connectivity index (χ0n) is 15.1. The van der Waals surface area contributed by atoms with Crippen LogP contribution in [0.15, 0.2) is 49.3 Å². The normalized spacial score (nSPS) is 16.9. The molecule has 0 radical (unpaired) electrons. The molecular weight excluding hydrogens is 340 g/mol. The Kier molecular flexibility index (Phi) is 4.82. The number of carbonyl (C=O) groups excluding carboxylic acids is 1. The molecule has 1 atom stereocenters. The molecule has 1 amide bonds. The lowest BCUT2D eigenvalue weighted by atomic mass is 9.90. The number of hydrogen-bond acceptors (Lipinski definition) is 6. The Labute approximate surface area is 157 Å². The van der Waals surface area contributed by atoms with Crippen molar-refractivity contribution in [1.82, 2.24) is 29.8 Å². The van der Waals surface area contributed by atoms with Gasteiger partial charge in [-0.2, -0.15) is 0 Å². The van der Waals surface area contributed by atoms with Crippen LogP contribution in [0, 0.1) is 6.92 Å². The highest BCUT2D eigenvalue weighted by molar-refractivity contribution is 5.92. The summed E-state index contributed by atoms with van der Waals surface area (Å²) >= 11 is 0. The molecule has 3 aromatic heterocycles. The van der Waals surface area contributed by atoms with Gasteiger partial charge in [-0.15, -0.1) is 0 Å². The summed E-state index contributed by atoms with van der Waals surface area (Å²) in [5.74, 6) is 0.813. The molecule has 136 valence electrons. The summed E-state index contributed by atoms with van der Waals surface area (Å²) in [6.07, 6.45) is 12.0. The first-order valence-corrected chi connectivity index (χ1v) is 9.01. The van der Waals surface area contributed by atoms with E-state index in [0.717, 1.165) is 42.0 Å². The van der Waals surface area contributed by atoms with Crippen LogP contribution in [0.5, 0.6) is 0 Å². The van der Waals surface area contributed by atoms with E-state index in [1.807, 2.05) is 30.2 Å². The number of rotatable bonds is 3. The first-order chi connectivity index (χ1) is 13.2. The standard InChI is InChI=1S/C20H20N6O/c1-14-24-11-17(15-4-6-21-7-5-15)19(25-14)16-3-2-10-26(13-16)20(27)18-12-22-8-9-23-18/h4-9,11-12,16H,2-3,10,13H2,1H3. The molecular formula is C20H20N6O. The van der Waals surface area contributed by atoms with Gasteiger partial charge in [-0.1, -0.05) is 0 Å². The summed E-state index contributed by atoms with van der Waals surface area (Å²) in [7, 11) is 0. The van der Waals surface area contributed by atoms with Crippen LogP contribution in [0.3, 0.4) is 0 Å². The summed E-state index contributed by atoms with van der Waals surface area (Å²) < 4.78 is 0. The summed E-state index contributed by atoms with van der Waals surface area (Å²) in [5.41, 5.74) is 3.41. The van der Waals surface area contributed by atoms with Crippen LogP contribution in [0.1, 0.15) is 40.8 Å². The molecule has 0 aliphatic carbocycles. The van der Waals surface area contributed by atoms with E-state index in [0.29, 0.717) is 12.2 Å².